The molecule has 0 saturated carbocycles. The van der Waals surface area contributed by atoms with E-state index in [0.29, 0.717) is 17.0 Å². The molecule has 1 aromatic carbocycles. The molecule has 0 fully saturated rings. The van der Waals surface area contributed by atoms with Crippen molar-refractivity contribution in [1.82, 2.24) is 14.5 Å². The third-order valence-corrected chi connectivity index (χ3v) is 2.86. The molecule has 102 valence electrons. The Hall–Kier alpha value is -2.70. The Bertz CT molecular complexity index is 800. The van der Waals surface area contributed by atoms with Gasteiger partial charge in [-0.05, 0) is 18.2 Å². The Morgan fingerprint density at radius 1 is 1.15 bits per heavy atom. The van der Waals surface area contributed by atoms with Crippen molar-refractivity contribution >= 4 is 17.1 Å². The predicted molar refractivity (Wildman–Crippen MR) is 69.7 cm³/mol. The second-order valence-electron chi connectivity index (χ2n) is 4.10. The van der Waals surface area contributed by atoms with Crippen LogP contribution in [0.2, 0.25) is 0 Å². The van der Waals surface area contributed by atoms with E-state index in [1.165, 1.54) is 17.7 Å². The zero-order chi connectivity index (χ0) is 14.3. The van der Waals surface area contributed by atoms with Gasteiger partial charge >= 0.3 is 0 Å². The Labute approximate surface area is 112 Å². The van der Waals surface area contributed by atoms with Crippen LogP contribution in [0.4, 0.5) is 14.7 Å². The maximum absolute atomic E-state index is 13.9. The number of halogens is 2. The van der Waals surface area contributed by atoms with Crippen LogP contribution in [0.5, 0.6) is 5.88 Å². The number of pyridine rings is 1. The average Bonchev–Trinajstić information content (AvgIpc) is 2.74. The van der Waals surface area contributed by atoms with Crippen LogP contribution >= 0.6 is 0 Å². The molecule has 0 aliphatic rings. The Morgan fingerprint density at radius 3 is 2.65 bits per heavy atom. The minimum atomic E-state index is -0.749. The number of imidazole rings is 1. The van der Waals surface area contributed by atoms with Crippen molar-refractivity contribution in [2.45, 2.75) is 0 Å². The lowest BCUT2D eigenvalue weighted by atomic mass is 10.3. The average molecular weight is 276 g/mol. The van der Waals surface area contributed by atoms with Crippen LogP contribution < -0.4 is 10.5 Å². The van der Waals surface area contributed by atoms with E-state index in [1.54, 1.807) is 12.1 Å². The SMILES string of the molecule is COc1ccc2nc(N)n(-c3ccc(F)cc3F)c2n1. The third kappa shape index (κ3) is 1.83. The van der Waals surface area contributed by atoms with Crippen LogP contribution in [0.3, 0.4) is 0 Å². The summed E-state index contributed by atoms with van der Waals surface area (Å²) in [7, 11) is 1.47. The highest BCUT2D eigenvalue weighted by molar-refractivity contribution is 5.77. The van der Waals surface area contributed by atoms with Gasteiger partial charge in [-0.25, -0.2) is 13.8 Å². The molecule has 5 nitrogen and oxygen atoms in total. The first-order chi connectivity index (χ1) is 9.60. The topological polar surface area (TPSA) is 66.0 Å². The number of methoxy groups -OCH3 is 1. The molecule has 2 N–H and O–H groups in total. The van der Waals surface area contributed by atoms with E-state index in [-0.39, 0.29) is 11.6 Å². The lowest BCUT2D eigenvalue weighted by molar-refractivity contribution is 0.399. The monoisotopic (exact) mass is 276 g/mol. The van der Waals surface area contributed by atoms with Crippen LogP contribution in [-0.2, 0) is 0 Å². The highest BCUT2D eigenvalue weighted by Gasteiger charge is 2.15. The molecule has 20 heavy (non-hydrogen) atoms. The number of nitrogens with two attached hydrogens (primary N) is 1. The highest BCUT2D eigenvalue weighted by atomic mass is 19.1. The van der Waals surface area contributed by atoms with E-state index in [0.717, 1.165) is 12.1 Å². The van der Waals surface area contributed by atoms with Gasteiger partial charge in [0.15, 0.2) is 5.65 Å². The maximum Gasteiger partial charge on any atom is 0.215 e. The lowest BCUT2D eigenvalue weighted by Crippen LogP contribution is -2.04. The second kappa shape index (κ2) is 4.44. The molecule has 0 aliphatic carbocycles. The number of rotatable bonds is 2. The summed E-state index contributed by atoms with van der Waals surface area (Å²) in [5, 5.41) is 0. The first-order valence-corrected chi connectivity index (χ1v) is 5.74. The van der Waals surface area contributed by atoms with Gasteiger partial charge in [-0.1, -0.05) is 0 Å². The van der Waals surface area contributed by atoms with E-state index in [1.807, 2.05) is 0 Å². The number of nitrogens with zero attached hydrogens (tertiary/aromatic N) is 3. The number of fused-ring (bicyclic) bond motifs is 1. The number of hydrogen-bond acceptors (Lipinski definition) is 4. The Kier molecular flexibility index (Phi) is 2.74. The van der Waals surface area contributed by atoms with Gasteiger partial charge in [-0.15, -0.1) is 0 Å². The van der Waals surface area contributed by atoms with Crippen molar-refractivity contribution in [3.8, 4) is 11.6 Å². The first-order valence-electron chi connectivity index (χ1n) is 5.74. The minimum absolute atomic E-state index is 0.0614. The second-order valence-corrected chi connectivity index (χ2v) is 4.10. The summed E-state index contributed by atoms with van der Waals surface area (Å²) < 4.78 is 33.2. The summed E-state index contributed by atoms with van der Waals surface area (Å²) >= 11 is 0. The van der Waals surface area contributed by atoms with Crippen molar-refractivity contribution in [3.05, 3.63) is 42.0 Å². The van der Waals surface area contributed by atoms with Gasteiger partial charge < -0.3 is 10.5 Å². The summed E-state index contributed by atoms with van der Waals surface area (Å²) in [6.07, 6.45) is 0. The smallest absolute Gasteiger partial charge is 0.215 e. The zero-order valence-corrected chi connectivity index (χ0v) is 10.5. The van der Waals surface area contributed by atoms with Crippen molar-refractivity contribution in [3.63, 3.8) is 0 Å². The van der Waals surface area contributed by atoms with Crippen LogP contribution in [0.15, 0.2) is 30.3 Å². The van der Waals surface area contributed by atoms with Crippen LogP contribution in [-0.4, -0.2) is 21.6 Å². The highest BCUT2D eigenvalue weighted by Crippen LogP contribution is 2.25. The van der Waals surface area contributed by atoms with E-state index in [9.17, 15) is 8.78 Å². The molecule has 0 amide bonds. The molecule has 0 unspecified atom stereocenters. The number of nitrogen functional groups attached to an aromatic ring is 1. The summed E-state index contributed by atoms with van der Waals surface area (Å²) in [5.41, 5.74) is 6.70. The third-order valence-electron chi connectivity index (χ3n) is 2.86. The van der Waals surface area contributed by atoms with Crippen molar-refractivity contribution < 1.29 is 13.5 Å². The van der Waals surface area contributed by atoms with Crippen LogP contribution in [0, 0.1) is 11.6 Å². The van der Waals surface area contributed by atoms with Gasteiger partial charge in [-0.3, -0.25) is 4.57 Å². The summed E-state index contributed by atoms with van der Waals surface area (Å²) in [4.78, 5) is 8.28. The number of benzene rings is 1. The summed E-state index contributed by atoms with van der Waals surface area (Å²) in [6.45, 7) is 0. The van der Waals surface area contributed by atoms with Gasteiger partial charge in [0, 0.05) is 12.1 Å². The fraction of sp³-hybridized carbons (Fsp3) is 0.0769. The summed E-state index contributed by atoms with van der Waals surface area (Å²) in [6, 6.07) is 6.49. The molecular formula is C13H10F2N4O. The molecular weight excluding hydrogens is 266 g/mol. The number of ether oxygens (including phenoxy) is 1. The molecule has 0 saturated heterocycles. The van der Waals surface area contributed by atoms with Gasteiger partial charge in [0.2, 0.25) is 11.8 Å². The Morgan fingerprint density at radius 2 is 1.95 bits per heavy atom. The minimum Gasteiger partial charge on any atom is -0.481 e. The molecule has 2 aromatic heterocycles. The van der Waals surface area contributed by atoms with Crippen molar-refractivity contribution in [2.75, 3.05) is 12.8 Å². The lowest BCUT2D eigenvalue weighted by Gasteiger charge is -2.07. The van der Waals surface area contributed by atoms with E-state index < -0.39 is 11.6 Å². The molecule has 3 rings (SSSR count). The molecule has 0 radical (unpaired) electrons. The Balaban J connectivity index is 2.31. The van der Waals surface area contributed by atoms with Crippen molar-refractivity contribution in [2.24, 2.45) is 0 Å². The van der Waals surface area contributed by atoms with E-state index >= 15 is 0 Å². The molecule has 0 spiro atoms. The van der Waals surface area contributed by atoms with Crippen LogP contribution in [0.25, 0.3) is 16.9 Å². The van der Waals surface area contributed by atoms with E-state index in [2.05, 4.69) is 9.97 Å². The fourth-order valence-electron chi connectivity index (χ4n) is 1.97. The maximum atomic E-state index is 13.9. The first kappa shape index (κ1) is 12.3. The van der Waals surface area contributed by atoms with E-state index in [4.69, 9.17) is 10.5 Å². The molecule has 7 heteroatoms. The normalized spacial score (nSPS) is 10.9. The fourth-order valence-corrected chi connectivity index (χ4v) is 1.97. The van der Waals surface area contributed by atoms with Crippen LogP contribution in [0.1, 0.15) is 0 Å². The predicted octanol–water partition coefficient (Wildman–Crippen LogP) is 2.29. The number of hydrogen-bond donors (Lipinski definition) is 1. The number of anilines is 1. The molecule has 2 heterocycles. The largest absolute Gasteiger partial charge is 0.481 e. The summed E-state index contributed by atoms with van der Waals surface area (Å²) in [5.74, 6) is -1.01. The molecule has 0 atom stereocenters. The zero-order valence-electron chi connectivity index (χ0n) is 10.5. The van der Waals surface area contributed by atoms with Gasteiger partial charge in [0.05, 0.1) is 12.8 Å². The number of aromatic nitrogens is 3. The van der Waals surface area contributed by atoms with Gasteiger partial charge in [0.1, 0.15) is 17.2 Å². The van der Waals surface area contributed by atoms with Gasteiger partial charge in [-0.2, -0.15) is 4.98 Å². The molecule has 0 bridgehead atoms. The van der Waals surface area contributed by atoms with Crippen molar-refractivity contribution in [1.29, 1.82) is 0 Å². The molecule has 3 aromatic rings. The standard InChI is InChI=1S/C13H10F2N4O/c1-20-11-5-3-9-12(18-11)19(13(16)17-9)10-4-2-7(14)6-8(10)15/h2-6H,1H3,(H2,16,17). The van der Waals surface area contributed by atoms with Gasteiger partial charge in [0.25, 0.3) is 0 Å². The molecule has 0 aliphatic heterocycles. The quantitative estimate of drug-likeness (QED) is 0.780.